The second-order valence-corrected chi connectivity index (χ2v) is 6.00. The SMILES string of the molecule is CCC1(C(=O)NCCS(C)=O)CCCNC1. The zero-order valence-corrected chi connectivity index (χ0v) is 11.0. The largest absolute Gasteiger partial charge is 0.355 e. The second-order valence-electron chi connectivity index (χ2n) is 4.45. The van der Waals surface area contributed by atoms with Crippen LogP contribution in [0.25, 0.3) is 0 Å². The average Bonchev–Trinajstić information content (AvgIpc) is 2.29. The van der Waals surface area contributed by atoms with Gasteiger partial charge in [-0.25, -0.2) is 0 Å². The molecule has 5 heteroatoms. The van der Waals surface area contributed by atoms with Crippen LogP contribution in [0.15, 0.2) is 0 Å². The Labute approximate surface area is 100 Å². The first-order chi connectivity index (χ1) is 7.60. The molecule has 1 saturated heterocycles. The number of rotatable bonds is 5. The maximum atomic E-state index is 12.1. The molecule has 16 heavy (non-hydrogen) atoms. The van der Waals surface area contributed by atoms with Crippen LogP contribution in [0.3, 0.4) is 0 Å². The van der Waals surface area contributed by atoms with E-state index in [9.17, 15) is 9.00 Å². The van der Waals surface area contributed by atoms with Crippen LogP contribution in [0.1, 0.15) is 26.2 Å². The molecule has 2 unspecified atom stereocenters. The summed E-state index contributed by atoms with van der Waals surface area (Å²) in [6.45, 7) is 4.35. The standard InChI is InChI=1S/C11H22N2O2S/c1-3-11(5-4-6-12-9-11)10(14)13-7-8-16(2)15/h12H,3-9H2,1-2H3,(H,13,14). The van der Waals surface area contributed by atoms with E-state index in [0.717, 1.165) is 32.4 Å². The third-order valence-electron chi connectivity index (χ3n) is 3.31. The Morgan fingerprint density at radius 2 is 2.31 bits per heavy atom. The first-order valence-electron chi connectivity index (χ1n) is 5.90. The number of carbonyl (C=O) groups is 1. The topological polar surface area (TPSA) is 58.2 Å². The molecule has 1 fully saturated rings. The number of hydrogen-bond donors (Lipinski definition) is 2. The van der Waals surface area contributed by atoms with E-state index in [1.54, 1.807) is 6.26 Å². The lowest BCUT2D eigenvalue weighted by molar-refractivity contribution is -0.132. The fraction of sp³-hybridized carbons (Fsp3) is 0.909. The van der Waals surface area contributed by atoms with Crippen LogP contribution in [0.4, 0.5) is 0 Å². The van der Waals surface area contributed by atoms with Crippen LogP contribution in [-0.2, 0) is 15.6 Å². The number of hydrogen-bond acceptors (Lipinski definition) is 3. The minimum absolute atomic E-state index is 0.118. The van der Waals surface area contributed by atoms with Crippen molar-refractivity contribution in [1.82, 2.24) is 10.6 Å². The monoisotopic (exact) mass is 246 g/mol. The second kappa shape index (κ2) is 6.35. The minimum Gasteiger partial charge on any atom is -0.355 e. The van der Waals surface area contributed by atoms with E-state index in [-0.39, 0.29) is 11.3 Å². The molecule has 0 aliphatic carbocycles. The molecule has 2 atom stereocenters. The highest BCUT2D eigenvalue weighted by atomic mass is 32.2. The summed E-state index contributed by atoms with van der Waals surface area (Å²) < 4.78 is 10.9. The Kier molecular flexibility index (Phi) is 5.41. The van der Waals surface area contributed by atoms with Gasteiger partial charge in [0.1, 0.15) is 0 Å². The molecular formula is C11H22N2O2S. The van der Waals surface area contributed by atoms with Crippen LogP contribution in [0, 0.1) is 5.41 Å². The van der Waals surface area contributed by atoms with Gasteiger partial charge in [-0.1, -0.05) is 6.92 Å². The van der Waals surface area contributed by atoms with E-state index >= 15 is 0 Å². The van der Waals surface area contributed by atoms with Crippen molar-refractivity contribution in [2.45, 2.75) is 26.2 Å². The van der Waals surface area contributed by atoms with E-state index in [0.29, 0.717) is 12.3 Å². The summed E-state index contributed by atoms with van der Waals surface area (Å²) in [5, 5.41) is 6.19. The van der Waals surface area contributed by atoms with Gasteiger partial charge in [0.25, 0.3) is 0 Å². The molecule has 0 saturated carbocycles. The van der Waals surface area contributed by atoms with Crippen molar-refractivity contribution < 1.29 is 9.00 Å². The maximum Gasteiger partial charge on any atom is 0.227 e. The first-order valence-corrected chi connectivity index (χ1v) is 7.62. The van der Waals surface area contributed by atoms with Gasteiger partial charge < -0.3 is 10.6 Å². The Morgan fingerprint density at radius 3 is 2.81 bits per heavy atom. The Bertz CT molecular complexity index is 263. The van der Waals surface area contributed by atoms with Crippen molar-refractivity contribution in [2.75, 3.05) is 31.6 Å². The van der Waals surface area contributed by atoms with Gasteiger partial charge in [0.15, 0.2) is 0 Å². The molecule has 94 valence electrons. The zero-order chi connectivity index (χ0) is 12.0. The molecule has 0 spiro atoms. The van der Waals surface area contributed by atoms with Crippen LogP contribution in [0.5, 0.6) is 0 Å². The quantitative estimate of drug-likeness (QED) is 0.731. The molecule has 0 radical (unpaired) electrons. The fourth-order valence-corrected chi connectivity index (χ4v) is 2.51. The third-order valence-corrected chi connectivity index (χ3v) is 4.08. The molecule has 1 rings (SSSR count). The van der Waals surface area contributed by atoms with Crippen LogP contribution < -0.4 is 10.6 Å². The third kappa shape index (κ3) is 3.56. The molecular weight excluding hydrogens is 224 g/mol. The van der Waals surface area contributed by atoms with Crippen molar-refractivity contribution in [2.24, 2.45) is 5.41 Å². The summed E-state index contributed by atoms with van der Waals surface area (Å²) in [5.74, 6) is 0.659. The molecule has 1 heterocycles. The van der Waals surface area contributed by atoms with Crippen LogP contribution in [-0.4, -0.2) is 41.8 Å². The number of amides is 1. The molecule has 1 aliphatic rings. The van der Waals surface area contributed by atoms with Crippen molar-refractivity contribution >= 4 is 16.7 Å². The van der Waals surface area contributed by atoms with Gasteiger partial charge >= 0.3 is 0 Å². The first kappa shape index (κ1) is 13.6. The van der Waals surface area contributed by atoms with Crippen molar-refractivity contribution in [1.29, 1.82) is 0 Å². The minimum atomic E-state index is -0.833. The maximum absolute atomic E-state index is 12.1. The van der Waals surface area contributed by atoms with Crippen LogP contribution >= 0.6 is 0 Å². The molecule has 0 bridgehead atoms. The smallest absolute Gasteiger partial charge is 0.227 e. The zero-order valence-electron chi connectivity index (χ0n) is 10.2. The molecule has 0 aromatic rings. The lowest BCUT2D eigenvalue weighted by atomic mass is 9.77. The van der Waals surface area contributed by atoms with E-state index in [1.807, 2.05) is 0 Å². The van der Waals surface area contributed by atoms with Gasteiger partial charge in [-0.15, -0.1) is 0 Å². The highest BCUT2D eigenvalue weighted by Crippen LogP contribution is 2.29. The fourth-order valence-electron chi connectivity index (χ4n) is 2.12. The van der Waals surface area contributed by atoms with Gasteiger partial charge in [-0.2, -0.15) is 0 Å². The lowest BCUT2D eigenvalue weighted by Gasteiger charge is -2.35. The average molecular weight is 246 g/mol. The van der Waals surface area contributed by atoms with Gasteiger partial charge in [0.2, 0.25) is 5.91 Å². The summed E-state index contributed by atoms with van der Waals surface area (Å²) >= 11 is 0. The van der Waals surface area contributed by atoms with Crippen molar-refractivity contribution in [3.63, 3.8) is 0 Å². The number of carbonyl (C=O) groups excluding carboxylic acids is 1. The number of nitrogens with one attached hydrogen (secondary N) is 2. The van der Waals surface area contributed by atoms with Gasteiger partial charge in [-0.3, -0.25) is 9.00 Å². The summed E-state index contributed by atoms with van der Waals surface area (Å²) in [5.41, 5.74) is -0.243. The molecule has 4 nitrogen and oxygen atoms in total. The van der Waals surface area contributed by atoms with Crippen LogP contribution in [0.2, 0.25) is 0 Å². The highest BCUT2D eigenvalue weighted by molar-refractivity contribution is 7.84. The van der Waals surface area contributed by atoms with Gasteiger partial charge in [0, 0.05) is 35.9 Å². The predicted octanol–water partition coefficient (Wildman–Crippen LogP) is 0.261. The van der Waals surface area contributed by atoms with Gasteiger partial charge in [-0.05, 0) is 25.8 Å². The van der Waals surface area contributed by atoms with Crippen molar-refractivity contribution in [3.8, 4) is 0 Å². The lowest BCUT2D eigenvalue weighted by Crippen LogP contribution is -2.50. The highest BCUT2D eigenvalue weighted by Gasteiger charge is 2.37. The molecule has 1 amide bonds. The molecule has 2 N–H and O–H groups in total. The molecule has 1 aliphatic heterocycles. The predicted molar refractivity (Wildman–Crippen MR) is 66.8 cm³/mol. The van der Waals surface area contributed by atoms with Gasteiger partial charge in [0.05, 0.1) is 5.41 Å². The van der Waals surface area contributed by atoms with E-state index in [1.165, 1.54) is 0 Å². The summed E-state index contributed by atoms with van der Waals surface area (Å²) in [6, 6.07) is 0. The summed E-state index contributed by atoms with van der Waals surface area (Å²) in [7, 11) is -0.833. The van der Waals surface area contributed by atoms with E-state index < -0.39 is 10.8 Å². The molecule has 0 aromatic carbocycles. The summed E-state index contributed by atoms with van der Waals surface area (Å²) in [4.78, 5) is 12.1. The van der Waals surface area contributed by atoms with E-state index in [2.05, 4.69) is 17.6 Å². The Morgan fingerprint density at radius 1 is 1.56 bits per heavy atom. The summed E-state index contributed by atoms with van der Waals surface area (Å²) in [6.07, 6.45) is 4.53. The Hall–Kier alpha value is -0.420. The normalized spacial score (nSPS) is 27.4. The number of piperidine rings is 1. The molecule has 0 aromatic heterocycles. The van der Waals surface area contributed by atoms with E-state index in [4.69, 9.17) is 0 Å². The van der Waals surface area contributed by atoms with Crippen molar-refractivity contribution in [3.05, 3.63) is 0 Å². The Balaban J connectivity index is 2.45.